The third kappa shape index (κ3) is 3.48. The maximum absolute atomic E-state index is 13.0. The third-order valence-electron chi connectivity index (χ3n) is 3.35. The first-order chi connectivity index (χ1) is 9.31. The van der Waals surface area contributed by atoms with E-state index in [1.165, 1.54) is 12.1 Å². The van der Waals surface area contributed by atoms with Crippen LogP contribution in [0.2, 0.25) is 0 Å². The fraction of sp³-hybridized carbons (Fsp3) is 0.533. The number of nitrogens with one attached hydrogen (secondary N) is 2. The van der Waals surface area contributed by atoms with Crippen LogP contribution in [-0.4, -0.2) is 24.8 Å². The van der Waals surface area contributed by atoms with E-state index in [9.17, 15) is 9.18 Å². The summed E-state index contributed by atoms with van der Waals surface area (Å²) in [7, 11) is 0. The lowest BCUT2D eigenvalue weighted by Gasteiger charge is -2.44. The van der Waals surface area contributed by atoms with Gasteiger partial charge in [0, 0.05) is 6.54 Å². The second-order valence-corrected chi connectivity index (χ2v) is 6.12. The molecule has 1 heterocycles. The van der Waals surface area contributed by atoms with Gasteiger partial charge in [-0.3, -0.25) is 0 Å². The van der Waals surface area contributed by atoms with Gasteiger partial charge < -0.3 is 15.4 Å². The average Bonchev–Trinajstić information content (AvgIpc) is 2.27. The summed E-state index contributed by atoms with van der Waals surface area (Å²) in [5.74, 6) is -0.261. The van der Waals surface area contributed by atoms with E-state index in [1.807, 2.05) is 20.8 Å². The summed E-state index contributed by atoms with van der Waals surface area (Å²) in [5, 5.41) is 6.10. The van der Waals surface area contributed by atoms with Crippen LogP contribution in [-0.2, 0) is 10.3 Å². The minimum atomic E-state index is -0.514. The smallest absolute Gasteiger partial charge is 0.407 e. The van der Waals surface area contributed by atoms with Gasteiger partial charge in [0.25, 0.3) is 0 Å². The largest absolute Gasteiger partial charge is 0.444 e. The summed E-state index contributed by atoms with van der Waals surface area (Å²) in [4.78, 5) is 11.7. The van der Waals surface area contributed by atoms with Crippen LogP contribution in [0.4, 0.5) is 9.18 Å². The molecule has 1 aromatic rings. The topological polar surface area (TPSA) is 50.4 Å². The molecule has 5 heteroatoms. The van der Waals surface area contributed by atoms with Gasteiger partial charge in [-0.1, -0.05) is 12.1 Å². The Morgan fingerprint density at radius 2 is 2.00 bits per heavy atom. The molecule has 0 aliphatic carbocycles. The molecule has 0 aromatic heterocycles. The van der Waals surface area contributed by atoms with Crippen LogP contribution in [0.5, 0.6) is 0 Å². The van der Waals surface area contributed by atoms with Crippen molar-refractivity contribution in [1.29, 1.82) is 0 Å². The summed E-state index contributed by atoms with van der Waals surface area (Å²) in [6, 6.07) is 6.37. The van der Waals surface area contributed by atoms with Gasteiger partial charge in [-0.05, 0) is 51.4 Å². The number of halogens is 1. The Morgan fingerprint density at radius 1 is 1.40 bits per heavy atom. The van der Waals surface area contributed by atoms with E-state index in [2.05, 4.69) is 10.6 Å². The molecule has 0 saturated carbocycles. The number of benzene rings is 1. The van der Waals surface area contributed by atoms with E-state index in [4.69, 9.17) is 4.74 Å². The fourth-order valence-electron chi connectivity index (χ4n) is 2.23. The van der Waals surface area contributed by atoms with Crippen molar-refractivity contribution in [2.75, 3.05) is 13.1 Å². The number of carbonyl (C=O) groups is 1. The molecule has 1 unspecified atom stereocenters. The van der Waals surface area contributed by atoms with Crippen LogP contribution < -0.4 is 10.6 Å². The highest BCUT2D eigenvalue weighted by Gasteiger charge is 2.38. The maximum Gasteiger partial charge on any atom is 0.407 e. The Kier molecular flexibility index (Phi) is 3.99. The monoisotopic (exact) mass is 280 g/mol. The molecule has 1 aliphatic heterocycles. The van der Waals surface area contributed by atoms with E-state index in [1.54, 1.807) is 12.1 Å². The predicted octanol–water partition coefficient (Wildman–Crippen LogP) is 2.54. The molecule has 2 N–H and O–H groups in total. The molecule has 1 fully saturated rings. The predicted molar refractivity (Wildman–Crippen MR) is 74.9 cm³/mol. The molecule has 1 aliphatic rings. The lowest BCUT2D eigenvalue weighted by Crippen LogP contribution is -2.60. The van der Waals surface area contributed by atoms with Crippen molar-refractivity contribution >= 4 is 6.09 Å². The van der Waals surface area contributed by atoms with Crippen molar-refractivity contribution in [3.05, 3.63) is 35.6 Å². The van der Waals surface area contributed by atoms with Crippen LogP contribution in [0.25, 0.3) is 0 Å². The number of alkyl carbamates (subject to hydrolysis) is 1. The van der Waals surface area contributed by atoms with E-state index in [0.29, 0.717) is 6.54 Å². The molecule has 2 rings (SSSR count). The molecule has 0 radical (unpaired) electrons. The SMILES string of the molecule is CC(C)(C)OC(=O)NCC1(c2ccc(F)cc2)CCN1. The second-order valence-electron chi connectivity index (χ2n) is 6.12. The van der Waals surface area contributed by atoms with E-state index in [0.717, 1.165) is 18.5 Å². The molecule has 1 atom stereocenters. The van der Waals surface area contributed by atoms with Gasteiger partial charge in [-0.25, -0.2) is 9.18 Å². The third-order valence-corrected chi connectivity index (χ3v) is 3.35. The number of rotatable bonds is 3. The Hall–Kier alpha value is -1.62. The Bertz CT molecular complexity index is 476. The van der Waals surface area contributed by atoms with E-state index in [-0.39, 0.29) is 11.4 Å². The van der Waals surface area contributed by atoms with Gasteiger partial charge in [-0.2, -0.15) is 0 Å². The second kappa shape index (κ2) is 5.40. The normalized spacial score (nSPS) is 22.0. The Morgan fingerprint density at radius 3 is 2.45 bits per heavy atom. The quantitative estimate of drug-likeness (QED) is 0.894. The Balaban J connectivity index is 1.98. The highest BCUT2D eigenvalue weighted by molar-refractivity contribution is 5.67. The van der Waals surface area contributed by atoms with Crippen molar-refractivity contribution < 1.29 is 13.9 Å². The average molecular weight is 280 g/mol. The fourth-order valence-corrected chi connectivity index (χ4v) is 2.23. The van der Waals surface area contributed by atoms with E-state index < -0.39 is 11.7 Å². The van der Waals surface area contributed by atoms with Gasteiger partial charge in [0.15, 0.2) is 0 Å². The summed E-state index contributed by atoms with van der Waals surface area (Å²) in [5.41, 5.74) is 0.145. The van der Waals surface area contributed by atoms with Gasteiger partial charge in [-0.15, -0.1) is 0 Å². The molecule has 0 spiro atoms. The molecular formula is C15H21FN2O2. The number of carbonyl (C=O) groups excluding carboxylic acids is 1. The number of hydrogen-bond acceptors (Lipinski definition) is 3. The van der Waals surface area contributed by atoms with Gasteiger partial charge in [0.1, 0.15) is 11.4 Å². The summed E-state index contributed by atoms with van der Waals surface area (Å²) >= 11 is 0. The van der Waals surface area contributed by atoms with Gasteiger partial charge in [0.2, 0.25) is 0 Å². The first-order valence-electron chi connectivity index (χ1n) is 6.79. The summed E-state index contributed by atoms with van der Waals surface area (Å²) in [6.07, 6.45) is 0.460. The molecule has 4 nitrogen and oxygen atoms in total. The van der Waals surface area contributed by atoms with Crippen molar-refractivity contribution in [2.45, 2.75) is 38.3 Å². The molecule has 110 valence electrons. The van der Waals surface area contributed by atoms with Crippen LogP contribution in [0.1, 0.15) is 32.8 Å². The van der Waals surface area contributed by atoms with Crippen molar-refractivity contribution in [3.8, 4) is 0 Å². The standard InChI is InChI=1S/C15H21FN2O2/c1-14(2,3)20-13(19)17-10-15(8-9-18-15)11-4-6-12(16)7-5-11/h4-7,18H,8-10H2,1-3H3,(H,17,19). The molecule has 20 heavy (non-hydrogen) atoms. The number of amides is 1. The number of ether oxygens (including phenoxy) is 1. The number of hydrogen-bond donors (Lipinski definition) is 2. The van der Waals surface area contributed by atoms with Crippen molar-refractivity contribution in [1.82, 2.24) is 10.6 Å². The zero-order valence-electron chi connectivity index (χ0n) is 12.1. The van der Waals surface area contributed by atoms with Crippen LogP contribution in [0.15, 0.2) is 24.3 Å². The highest BCUT2D eigenvalue weighted by Crippen LogP contribution is 2.30. The highest BCUT2D eigenvalue weighted by atomic mass is 19.1. The summed E-state index contributed by atoms with van der Waals surface area (Å²) in [6.45, 7) is 6.78. The Labute approximate surface area is 118 Å². The zero-order valence-corrected chi connectivity index (χ0v) is 12.1. The minimum absolute atomic E-state index is 0.261. The lowest BCUT2D eigenvalue weighted by atomic mass is 9.81. The molecule has 0 bridgehead atoms. The van der Waals surface area contributed by atoms with Gasteiger partial charge in [0.05, 0.1) is 5.54 Å². The molecule has 1 amide bonds. The lowest BCUT2D eigenvalue weighted by molar-refractivity contribution is 0.0491. The van der Waals surface area contributed by atoms with Crippen molar-refractivity contribution in [2.24, 2.45) is 0 Å². The first-order valence-corrected chi connectivity index (χ1v) is 6.79. The zero-order chi connectivity index (χ0) is 14.8. The van der Waals surface area contributed by atoms with E-state index >= 15 is 0 Å². The summed E-state index contributed by atoms with van der Waals surface area (Å²) < 4.78 is 18.2. The first kappa shape index (κ1) is 14.8. The maximum atomic E-state index is 13.0. The van der Waals surface area contributed by atoms with Gasteiger partial charge >= 0.3 is 6.09 Å². The van der Waals surface area contributed by atoms with Crippen LogP contribution in [0.3, 0.4) is 0 Å². The molecule has 1 saturated heterocycles. The molecular weight excluding hydrogens is 259 g/mol. The molecule has 1 aromatic carbocycles. The van der Waals surface area contributed by atoms with Crippen LogP contribution in [0, 0.1) is 5.82 Å². The minimum Gasteiger partial charge on any atom is -0.444 e. The van der Waals surface area contributed by atoms with Crippen LogP contribution >= 0.6 is 0 Å². The van der Waals surface area contributed by atoms with Crippen molar-refractivity contribution in [3.63, 3.8) is 0 Å².